The molecule has 0 radical (unpaired) electrons. The van der Waals surface area contributed by atoms with Crippen molar-refractivity contribution < 1.29 is 22.7 Å². The molecule has 1 heterocycles. The number of hydrogen-bond acceptors (Lipinski definition) is 3. The van der Waals surface area contributed by atoms with Gasteiger partial charge in [0.25, 0.3) is 5.91 Å². The smallest absolute Gasteiger partial charge is 0.416 e. The maximum absolute atomic E-state index is 12.7. The maximum Gasteiger partial charge on any atom is 0.416 e. The second-order valence-electron chi connectivity index (χ2n) is 5.76. The van der Waals surface area contributed by atoms with Gasteiger partial charge in [0.15, 0.2) is 6.61 Å². The van der Waals surface area contributed by atoms with E-state index in [0.717, 1.165) is 23.2 Å². The summed E-state index contributed by atoms with van der Waals surface area (Å²) in [5.41, 5.74) is 0.838. The van der Waals surface area contributed by atoms with Gasteiger partial charge in [0, 0.05) is 7.05 Å². The molecule has 136 valence electrons. The van der Waals surface area contributed by atoms with Crippen LogP contribution >= 0.6 is 0 Å². The van der Waals surface area contributed by atoms with Crippen LogP contribution in [0.15, 0.2) is 48.5 Å². The molecule has 26 heavy (non-hydrogen) atoms. The summed E-state index contributed by atoms with van der Waals surface area (Å²) in [4.78, 5) is 21.0. The molecule has 0 aliphatic heterocycles. The van der Waals surface area contributed by atoms with Gasteiger partial charge in [0.1, 0.15) is 11.6 Å². The lowest BCUT2D eigenvalue weighted by molar-refractivity contribution is -0.137. The second kappa shape index (κ2) is 7.07. The van der Waals surface area contributed by atoms with Crippen molar-refractivity contribution in [2.24, 2.45) is 0 Å². The van der Waals surface area contributed by atoms with Gasteiger partial charge < -0.3 is 14.6 Å². The minimum Gasteiger partial charge on any atom is -0.484 e. The van der Waals surface area contributed by atoms with Crippen LogP contribution in [-0.4, -0.2) is 34.4 Å². The van der Waals surface area contributed by atoms with Gasteiger partial charge in [-0.2, -0.15) is 13.2 Å². The fourth-order valence-corrected chi connectivity index (χ4v) is 2.41. The summed E-state index contributed by atoms with van der Waals surface area (Å²) < 4.78 is 43.3. The third kappa shape index (κ3) is 4.14. The molecule has 3 aromatic rings. The van der Waals surface area contributed by atoms with Gasteiger partial charge in [-0.25, -0.2) is 4.98 Å². The Morgan fingerprint density at radius 3 is 2.69 bits per heavy atom. The molecular formula is C18H16F3N3O2. The predicted molar refractivity (Wildman–Crippen MR) is 89.5 cm³/mol. The molecular weight excluding hydrogens is 347 g/mol. The lowest BCUT2D eigenvalue weighted by Crippen LogP contribution is -2.31. The minimum atomic E-state index is -4.46. The number of para-hydroxylation sites is 2. The molecule has 0 fully saturated rings. The molecule has 8 heteroatoms. The van der Waals surface area contributed by atoms with E-state index in [9.17, 15) is 18.0 Å². The highest BCUT2D eigenvalue weighted by atomic mass is 19.4. The lowest BCUT2D eigenvalue weighted by atomic mass is 10.2. The van der Waals surface area contributed by atoms with Crippen LogP contribution in [-0.2, 0) is 17.5 Å². The number of amides is 1. The van der Waals surface area contributed by atoms with Gasteiger partial charge in [-0.05, 0) is 30.3 Å². The average Bonchev–Trinajstić information content (AvgIpc) is 3.01. The van der Waals surface area contributed by atoms with Crippen LogP contribution in [0.2, 0.25) is 0 Å². The third-order valence-electron chi connectivity index (χ3n) is 3.77. The third-order valence-corrected chi connectivity index (χ3v) is 3.77. The summed E-state index contributed by atoms with van der Waals surface area (Å²) in [5, 5.41) is 0. The number of halogens is 3. The number of nitrogens with one attached hydrogen (secondary N) is 1. The number of likely N-dealkylation sites (N-methyl/N-ethyl adjacent to an activating group) is 1. The molecule has 0 aliphatic rings. The van der Waals surface area contributed by atoms with E-state index < -0.39 is 11.7 Å². The molecule has 3 rings (SSSR count). The Balaban J connectivity index is 1.59. The highest BCUT2D eigenvalue weighted by Crippen LogP contribution is 2.31. The van der Waals surface area contributed by atoms with E-state index in [1.807, 2.05) is 24.3 Å². The monoisotopic (exact) mass is 363 g/mol. The van der Waals surface area contributed by atoms with Crippen molar-refractivity contribution in [1.82, 2.24) is 14.9 Å². The zero-order valence-corrected chi connectivity index (χ0v) is 13.9. The number of ether oxygens (including phenoxy) is 1. The number of rotatable bonds is 5. The number of aromatic amines is 1. The van der Waals surface area contributed by atoms with Crippen molar-refractivity contribution in [3.63, 3.8) is 0 Å². The van der Waals surface area contributed by atoms with Crippen LogP contribution in [0.3, 0.4) is 0 Å². The lowest BCUT2D eigenvalue weighted by Gasteiger charge is -2.16. The van der Waals surface area contributed by atoms with Crippen LogP contribution < -0.4 is 4.74 Å². The number of H-pyrrole nitrogens is 1. The van der Waals surface area contributed by atoms with Gasteiger partial charge in [0.05, 0.1) is 23.1 Å². The molecule has 0 aliphatic carbocycles. The number of hydrogen-bond donors (Lipinski definition) is 1. The van der Waals surface area contributed by atoms with Crippen molar-refractivity contribution in [1.29, 1.82) is 0 Å². The normalized spacial score (nSPS) is 11.5. The SMILES string of the molecule is CN(Cc1nc2ccccc2[nH]1)C(=O)COc1cccc(C(F)(F)F)c1. The first kappa shape index (κ1) is 17.8. The van der Waals surface area contributed by atoms with E-state index >= 15 is 0 Å². The molecule has 0 saturated carbocycles. The van der Waals surface area contributed by atoms with Crippen molar-refractivity contribution in [3.05, 3.63) is 59.9 Å². The van der Waals surface area contributed by atoms with Crippen molar-refractivity contribution in [2.45, 2.75) is 12.7 Å². The predicted octanol–water partition coefficient (Wildman–Crippen LogP) is 3.62. The summed E-state index contributed by atoms with van der Waals surface area (Å²) in [5.74, 6) is 0.231. The Kier molecular flexibility index (Phi) is 4.83. The second-order valence-corrected chi connectivity index (χ2v) is 5.76. The van der Waals surface area contributed by atoms with Gasteiger partial charge in [-0.15, -0.1) is 0 Å². The zero-order chi connectivity index (χ0) is 18.7. The summed E-state index contributed by atoms with van der Waals surface area (Å²) in [7, 11) is 1.57. The number of benzene rings is 2. The quantitative estimate of drug-likeness (QED) is 0.753. The number of carbonyl (C=O) groups is 1. The van der Waals surface area contributed by atoms with E-state index in [4.69, 9.17) is 4.74 Å². The van der Waals surface area contributed by atoms with Crippen molar-refractivity contribution in [2.75, 3.05) is 13.7 Å². The molecule has 0 saturated heterocycles. The van der Waals surface area contributed by atoms with Crippen molar-refractivity contribution in [3.8, 4) is 5.75 Å². The number of carbonyl (C=O) groups excluding carboxylic acids is 1. The van der Waals surface area contributed by atoms with E-state index in [1.54, 1.807) is 7.05 Å². The Labute approximate surface area is 147 Å². The Hall–Kier alpha value is -3.03. The summed E-state index contributed by atoms with van der Waals surface area (Å²) >= 11 is 0. The highest BCUT2D eigenvalue weighted by molar-refractivity contribution is 5.78. The van der Waals surface area contributed by atoms with Crippen LogP contribution in [0.4, 0.5) is 13.2 Å². The van der Waals surface area contributed by atoms with Gasteiger partial charge in [-0.3, -0.25) is 4.79 Å². The minimum absolute atomic E-state index is 0.00897. The van der Waals surface area contributed by atoms with E-state index in [2.05, 4.69) is 9.97 Å². The zero-order valence-electron chi connectivity index (χ0n) is 13.9. The Morgan fingerprint density at radius 2 is 1.96 bits per heavy atom. The Bertz CT molecular complexity index is 888. The van der Waals surface area contributed by atoms with E-state index in [-0.39, 0.29) is 24.8 Å². The maximum atomic E-state index is 12.7. The molecule has 0 bridgehead atoms. The average molecular weight is 363 g/mol. The number of alkyl halides is 3. The first-order valence-electron chi connectivity index (χ1n) is 7.80. The van der Waals surface area contributed by atoms with Crippen LogP contribution in [0.5, 0.6) is 5.75 Å². The molecule has 2 aromatic carbocycles. The van der Waals surface area contributed by atoms with Gasteiger partial charge in [-0.1, -0.05) is 18.2 Å². The van der Waals surface area contributed by atoms with Crippen LogP contribution in [0.1, 0.15) is 11.4 Å². The number of imidazole rings is 1. The summed E-state index contributed by atoms with van der Waals surface area (Å²) in [6.07, 6.45) is -4.46. The van der Waals surface area contributed by atoms with Gasteiger partial charge >= 0.3 is 6.18 Å². The van der Waals surface area contributed by atoms with E-state index in [0.29, 0.717) is 5.82 Å². The first-order valence-corrected chi connectivity index (χ1v) is 7.80. The Morgan fingerprint density at radius 1 is 1.19 bits per heavy atom. The molecule has 1 N–H and O–H groups in total. The molecule has 0 atom stereocenters. The van der Waals surface area contributed by atoms with Crippen LogP contribution in [0.25, 0.3) is 11.0 Å². The fourth-order valence-electron chi connectivity index (χ4n) is 2.41. The molecule has 1 amide bonds. The van der Waals surface area contributed by atoms with Gasteiger partial charge in [0.2, 0.25) is 0 Å². The van der Waals surface area contributed by atoms with Crippen LogP contribution in [0, 0.1) is 0 Å². The standard InChI is InChI=1S/C18H16F3N3O2/c1-24(10-16-22-14-7-2-3-8-15(14)23-16)17(25)11-26-13-6-4-5-12(9-13)18(19,20)21/h2-9H,10-11H2,1H3,(H,22,23). The first-order chi connectivity index (χ1) is 12.3. The molecule has 0 spiro atoms. The molecule has 1 aromatic heterocycles. The van der Waals surface area contributed by atoms with Crippen molar-refractivity contribution >= 4 is 16.9 Å². The summed E-state index contributed by atoms with van der Waals surface area (Å²) in [6.45, 7) is -0.127. The topological polar surface area (TPSA) is 58.2 Å². The number of nitrogens with zero attached hydrogens (tertiary/aromatic N) is 2. The number of aromatic nitrogens is 2. The largest absolute Gasteiger partial charge is 0.484 e. The summed E-state index contributed by atoms with van der Waals surface area (Å²) in [6, 6.07) is 11.9. The number of fused-ring (bicyclic) bond motifs is 1. The molecule has 0 unspecified atom stereocenters. The highest BCUT2D eigenvalue weighted by Gasteiger charge is 2.30. The molecule has 5 nitrogen and oxygen atoms in total. The van der Waals surface area contributed by atoms with E-state index in [1.165, 1.54) is 17.0 Å². The fraction of sp³-hybridized carbons (Fsp3) is 0.222.